The number of primary sulfonamides is 1. The molecule has 0 saturated carbocycles. The van der Waals surface area contributed by atoms with Crippen LogP contribution in [0.25, 0.3) is 0 Å². The maximum Gasteiger partial charge on any atom is 0.253 e. The summed E-state index contributed by atoms with van der Waals surface area (Å²) in [6.07, 6.45) is 1.47. The van der Waals surface area contributed by atoms with Crippen LogP contribution in [-0.2, 0) is 20.8 Å². The zero-order valence-corrected chi connectivity index (χ0v) is 13.6. The third-order valence-electron chi connectivity index (χ3n) is 2.44. The van der Waals surface area contributed by atoms with Crippen LogP contribution in [0.15, 0.2) is 17.0 Å². The van der Waals surface area contributed by atoms with Crippen molar-refractivity contribution >= 4 is 38.3 Å². The maximum absolute atomic E-state index is 13.6. The minimum absolute atomic E-state index is 0.195. The number of sulfonamides is 1. The summed E-state index contributed by atoms with van der Waals surface area (Å²) in [5, 5.41) is 6.85. The van der Waals surface area contributed by atoms with Crippen molar-refractivity contribution in [1.29, 1.82) is 0 Å². The Morgan fingerprint density at radius 2 is 2.10 bits per heavy atom. The molecule has 0 saturated heterocycles. The van der Waals surface area contributed by atoms with E-state index in [2.05, 4.69) is 5.32 Å². The van der Waals surface area contributed by atoms with Gasteiger partial charge in [0.1, 0.15) is 5.82 Å². The van der Waals surface area contributed by atoms with Gasteiger partial charge in [0.2, 0.25) is 10.0 Å². The molecule has 0 aliphatic carbocycles. The summed E-state index contributed by atoms with van der Waals surface area (Å²) < 4.78 is 47.1. The first-order valence-electron chi connectivity index (χ1n) is 5.65. The lowest BCUT2D eigenvalue weighted by atomic mass is 10.2. The van der Waals surface area contributed by atoms with E-state index < -0.39 is 48.5 Å². The summed E-state index contributed by atoms with van der Waals surface area (Å²) in [7, 11) is -5.31. The number of rotatable bonds is 5. The van der Waals surface area contributed by atoms with E-state index >= 15 is 0 Å². The summed E-state index contributed by atoms with van der Waals surface area (Å²) in [5.41, 5.74) is -0.352. The molecule has 1 aromatic rings. The van der Waals surface area contributed by atoms with Gasteiger partial charge in [0, 0.05) is 28.9 Å². The van der Waals surface area contributed by atoms with E-state index in [9.17, 15) is 21.8 Å². The smallest absolute Gasteiger partial charge is 0.253 e. The van der Waals surface area contributed by atoms with Crippen LogP contribution in [0, 0.1) is 5.82 Å². The van der Waals surface area contributed by atoms with Crippen LogP contribution >= 0.6 is 11.6 Å². The highest BCUT2D eigenvalue weighted by molar-refractivity contribution is 7.89. The van der Waals surface area contributed by atoms with Gasteiger partial charge in [0.05, 0.1) is 15.5 Å². The van der Waals surface area contributed by atoms with Gasteiger partial charge in [0.25, 0.3) is 5.91 Å². The highest BCUT2D eigenvalue weighted by Crippen LogP contribution is 2.24. The fraction of sp³-hybridized carbons (Fsp3) is 0.364. The highest BCUT2D eigenvalue weighted by Gasteiger charge is 2.21. The zero-order valence-electron chi connectivity index (χ0n) is 11.2. The minimum atomic E-state index is -4.17. The first-order chi connectivity index (χ1) is 9.52. The molecule has 118 valence electrons. The molecule has 21 heavy (non-hydrogen) atoms. The molecule has 0 fully saturated rings. The van der Waals surface area contributed by atoms with Gasteiger partial charge in [-0.3, -0.25) is 9.00 Å². The Kier molecular flexibility index (Phi) is 5.85. The van der Waals surface area contributed by atoms with E-state index in [0.29, 0.717) is 6.07 Å². The van der Waals surface area contributed by atoms with Crippen molar-refractivity contribution in [3.8, 4) is 0 Å². The summed E-state index contributed by atoms with van der Waals surface area (Å²) in [6.45, 7) is 1.60. The fourth-order valence-electron chi connectivity index (χ4n) is 1.59. The van der Waals surface area contributed by atoms with Gasteiger partial charge in [-0.05, 0) is 19.1 Å². The van der Waals surface area contributed by atoms with Gasteiger partial charge >= 0.3 is 0 Å². The molecule has 0 aromatic heterocycles. The molecule has 0 heterocycles. The predicted octanol–water partition coefficient (Wildman–Crippen LogP) is 0.623. The number of hydrogen-bond donors (Lipinski definition) is 2. The molecule has 0 aliphatic rings. The van der Waals surface area contributed by atoms with Gasteiger partial charge in [-0.15, -0.1) is 0 Å². The van der Waals surface area contributed by atoms with Crippen LogP contribution in [0.2, 0.25) is 5.02 Å². The molecule has 0 spiro atoms. The molecular weight excluding hydrogens is 343 g/mol. The van der Waals surface area contributed by atoms with Crippen molar-refractivity contribution in [2.24, 2.45) is 5.14 Å². The number of hydrogen-bond acceptors (Lipinski definition) is 4. The van der Waals surface area contributed by atoms with Crippen LogP contribution in [0.3, 0.4) is 0 Å². The molecule has 2 unspecified atom stereocenters. The zero-order chi connectivity index (χ0) is 16.4. The van der Waals surface area contributed by atoms with Crippen LogP contribution in [0.1, 0.15) is 17.3 Å². The lowest BCUT2D eigenvalue weighted by Gasteiger charge is -2.14. The normalized spacial score (nSPS) is 14.5. The van der Waals surface area contributed by atoms with E-state index in [-0.39, 0.29) is 11.3 Å². The SMILES string of the molecule is CC(CS(C)=O)NC(=O)c1cc(S(N)(=O)=O)cc(F)c1Cl. The quantitative estimate of drug-likeness (QED) is 0.806. The second-order valence-corrected chi connectivity index (χ2v) is 7.85. The lowest BCUT2D eigenvalue weighted by molar-refractivity contribution is 0.0943. The van der Waals surface area contributed by atoms with Crippen LogP contribution in [0.5, 0.6) is 0 Å². The molecule has 1 aromatic carbocycles. The predicted molar refractivity (Wildman–Crippen MR) is 78.6 cm³/mol. The largest absolute Gasteiger partial charge is 0.349 e. The Morgan fingerprint density at radius 1 is 1.52 bits per heavy atom. The average Bonchev–Trinajstić information content (AvgIpc) is 2.29. The molecule has 6 nitrogen and oxygen atoms in total. The van der Waals surface area contributed by atoms with Crippen LogP contribution in [-0.4, -0.2) is 36.6 Å². The maximum atomic E-state index is 13.6. The van der Waals surface area contributed by atoms with Crippen molar-refractivity contribution in [3.63, 3.8) is 0 Å². The van der Waals surface area contributed by atoms with Crippen LogP contribution in [0.4, 0.5) is 4.39 Å². The summed E-state index contributed by atoms with van der Waals surface area (Å²) in [5.74, 6) is -1.65. The van der Waals surface area contributed by atoms with Crippen molar-refractivity contribution in [2.45, 2.75) is 17.9 Å². The first kappa shape index (κ1) is 18.0. The Bertz CT molecular complexity index is 694. The lowest BCUT2D eigenvalue weighted by Crippen LogP contribution is -2.36. The minimum Gasteiger partial charge on any atom is -0.349 e. The topological polar surface area (TPSA) is 106 Å². The Morgan fingerprint density at radius 3 is 2.57 bits per heavy atom. The monoisotopic (exact) mass is 356 g/mol. The Hall–Kier alpha value is -1.03. The Balaban J connectivity index is 3.15. The van der Waals surface area contributed by atoms with E-state index in [1.807, 2.05) is 0 Å². The number of carbonyl (C=O) groups excluding carboxylic acids is 1. The fourth-order valence-corrected chi connectivity index (χ4v) is 3.12. The number of nitrogens with one attached hydrogen (secondary N) is 1. The summed E-state index contributed by atoms with van der Waals surface area (Å²) in [6, 6.07) is 1.07. The van der Waals surface area contributed by atoms with Gasteiger partial charge in [-0.1, -0.05) is 11.6 Å². The number of carbonyl (C=O) groups is 1. The second kappa shape index (κ2) is 6.82. The molecular formula is C11H14ClFN2O4S2. The van der Waals surface area contributed by atoms with E-state index in [1.54, 1.807) is 6.92 Å². The standard InChI is InChI=1S/C11H14ClFN2O4S2/c1-6(5-20(2)17)15-11(16)8-3-7(21(14,18)19)4-9(13)10(8)12/h3-4,6H,5H2,1-2H3,(H,15,16)(H2,14,18,19). The van der Waals surface area contributed by atoms with E-state index in [1.165, 1.54) is 6.26 Å². The number of nitrogens with two attached hydrogens (primary N) is 1. The highest BCUT2D eigenvalue weighted by atomic mass is 35.5. The van der Waals surface area contributed by atoms with E-state index in [4.69, 9.17) is 16.7 Å². The van der Waals surface area contributed by atoms with Gasteiger partial charge in [0.15, 0.2) is 0 Å². The molecule has 1 amide bonds. The molecule has 10 heteroatoms. The molecule has 1 rings (SSSR count). The van der Waals surface area contributed by atoms with Gasteiger partial charge < -0.3 is 5.32 Å². The number of halogens is 2. The first-order valence-corrected chi connectivity index (χ1v) is 9.30. The average molecular weight is 357 g/mol. The number of benzene rings is 1. The molecule has 0 aliphatic heterocycles. The second-order valence-electron chi connectivity index (χ2n) is 4.43. The summed E-state index contributed by atoms with van der Waals surface area (Å²) in [4.78, 5) is 11.4. The molecule has 0 bridgehead atoms. The Labute approximate surface area is 129 Å². The van der Waals surface area contributed by atoms with Crippen molar-refractivity contribution in [3.05, 3.63) is 28.5 Å². The van der Waals surface area contributed by atoms with Crippen molar-refractivity contribution in [2.75, 3.05) is 12.0 Å². The molecule has 0 radical (unpaired) electrons. The van der Waals surface area contributed by atoms with Gasteiger partial charge in [-0.2, -0.15) is 0 Å². The van der Waals surface area contributed by atoms with Crippen molar-refractivity contribution in [1.82, 2.24) is 5.32 Å². The molecule has 2 atom stereocenters. The van der Waals surface area contributed by atoms with Crippen molar-refractivity contribution < 1.29 is 21.8 Å². The summed E-state index contributed by atoms with van der Waals surface area (Å²) >= 11 is 5.67. The van der Waals surface area contributed by atoms with E-state index in [0.717, 1.165) is 6.07 Å². The number of amides is 1. The van der Waals surface area contributed by atoms with Crippen LogP contribution < -0.4 is 10.5 Å². The molecule has 3 N–H and O–H groups in total. The van der Waals surface area contributed by atoms with Gasteiger partial charge in [-0.25, -0.2) is 17.9 Å². The third-order valence-corrected chi connectivity index (χ3v) is 4.68. The third kappa shape index (κ3) is 5.03.